The third-order valence-corrected chi connectivity index (χ3v) is 6.59. The number of hydrogen-bond donors (Lipinski definition) is 1. The third-order valence-electron chi connectivity index (χ3n) is 3.47. The summed E-state index contributed by atoms with van der Waals surface area (Å²) in [6, 6.07) is 10.6. The van der Waals surface area contributed by atoms with Gasteiger partial charge >= 0.3 is 0 Å². The van der Waals surface area contributed by atoms with Crippen molar-refractivity contribution in [3.8, 4) is 0 Å². The highest BCUT2D eigenvalue weighted by Crippen LogP contribution is 2.27. The number of nitrogens with one attached hydrogen (secondary N) is 1. The minimum Gasteiger partial charge on any atom is -0.372 e. The van der Waals surface area contributed by atoms with Crippen LogP contribution in [0.4, 0.5) is 0 Å². The van der Waals surface area contributed by atoms with Gasteiger partial charge < -0.3 is 4.74 Å². The summed E-state index contributed by atoms with van der Waals surface area (Å²) < 4.78 is 33.1. The molecule has 22 heavy (non-hydrogen) atoms. The van der Waals surface area contributed by atoms with E-state index in [0.29, 0.717) is 9.23 Å². The molecular weight excluding hydrogens is 342 g/mol. The topological polar surface area (TPSA) is 55.4 Å². The summed E-state index contributed by atoms with van der Waals surface area (Å²) >= 11 is 7.24. The molecule has 0 saturated carbocycles. The molecule has 0 aliphatic heterocycles. The molecule has 1 unspecified atom stereocenters. The van der Waals surface area contributed by atoms with Crippen LogP contribution in [-0.2, 0) is 20.4 Å². The quantitative estimate of drug-likeness (QED) is 0.858. The molecule has 0 amide bonds. The molecule has 2 aromatic rings. The maximum atomic E-state index is 12.3. The van der Waals surface area contributed by atoms with E-state index in [4.69, 9.17) is 16.3 Å². The summed E-state index contributed by atoms with van der Waals surface area (Å²) in [5, 5.41) is 0.581. The second-order valence-electron chi connectivity index (χ2n) is 5.13. The zero-order valence-corrected chi connectivity index (χ0v) is 15.0. The second-order valence-corrected chi connectivity index (χ2v) is 8.85. The lowest BCUT2D eigenvalue weighted by Gasteiger charge is -2.29. The van der Waals surface area contributed by atoms with Crippen LogP contribution in [0.1, 0.15) is 17.4 Å². The number of sulfonamides is 1. The first-order chi connectivity index (χ1) is 10.3. The summed E-state index contributed by atoms with van der Waals surface area (Å²) in [6.07, 6.45) is 0. The fourth-order valence-corrected chi connectivity index (χ4v) is 4.61. The Labute approximate surface area is 140 Å². The molecule has 4 nitrogen and oxygen atoms in total. The summed E-state index contributed by atoms with van der Waals surface area (Å²) in [5.41, 5.74) is 0.0112. The third kappa shape index (κ3) is 3.88. The van der Waals surface area contributed by atoms with Gasteiger partial charge in [0.1, 0.15) is 9.81 Å². The molecule has 1 heterocycles. The van der Waals surface area contributed by atoms with Crippen LogP contribution in [0.5, 0.6) is 0 Å². The molecule has 1 aromatic carbocycles. The maximum Gasteiger partial charge on any atom is 0.250 e. The molecule has 0 aliphatic rings. The van der Waals surface area contributed by atoms with Crippen LogP contribution >= 0.6 is 22.9 Å². The highest BCUT2D eigenvalue weighted by molar-refractivity contribution is 7.91. The number of hydrogen-bond acceptors (Lipinski definition) is 4. The van der Waals surface area contributed by atoms with E-state index in [-0.39, 0.29) is 6.54 Å². The number of methoxy groups -OCH3 is 1. The normalized spacial score (nSPS) is 14.7. The lowest BCUT2D eigenvalue weighted by Crippen LogP contribution is -2.39. The first-order valence-electron chi connectivity index (χ1n) is 6.64. The van der Waals surface area contributed by atoms with Crippen LogP contribution in [0.15, 0.2) is 40.6 Å². The molecule has 120 valence electrons. The smallest absolute Gasteiger partial charge is 0.250 e. The van der Waals surface area contributed by atoms with Crippen LogP contribution < -0.4 is 4.72 Å². The standard InChI is InChI=1S/C15H18ClNO3S2/c1-11-7-8-14(21-11)22(18,19)17-10-15(2,20-3)12-5-4-6-13(16)9-12/h4-9,17H,10H2,1-3H3. The molecule has 0 saturated heterocycles. The van der Waals surface area contributed by atoms with Crippen LogP contribution in [0.25, 0.3) is 0 Å². The van der Waals surface area contributed by atoms with E-state index in [1.165, 1.54) is 11.3 Å². The molecule has 0 aliphatic carbocycles. The van der Waals surface area contributed by atoms with Gasteiger partial charge in [0.15, 0.2) is 0 Å². The van der Waals surface area contributed by atoms with Crippen molar-refractivity contribution in [1.29, 1.82) is 0 Å². The van der Waals surface area contributed by atoms with Crippen LogP contribution in [-0.4, -0.2) is 22.1 Å². The van der Waals surface area contributed by atoms with Gasteiger partial charge in [-0.1, -0.05) is 23.7 Å². The van der Waals surface area contributed by atoms with E-state index >= 15 is 0 Å². The van der Waals surface area contributed by atoms with E-state index in [1.807, 2.05) is 26.0 Å². The van der Waals surface area contributed by atoms with Gasteiger partial charge in [-0.3, -0.25) is 0 Å². The Morgan fingerprint density at radius 2 is 2.05 bits per heavy atom. The SMILES string of the molecule is COC(C)(CNS(=O)(=O)c1ccc(C)s1)c1cccc(Cl)c1. The van der Waals surface area contributed by atoms with Gasteiger partial charge in [-0.15, -0.1) is 11.3 Å². The highest BCUT2D eigenvalue weighted by atomic mass is 35.5. The lowest BCUT2D eigenvalue weighted by atomic mass is 9.96. The highest BCUT2D eigenvalue weighted by Gasteiger charge is 2.29. The van der Waals surface area contributed by atoms with E-state index in [9.17, 15) is 8.42 Å². The predicted octanol–water partition coefficient (Wildman–Crippen LogP) is 3.55. The summed E-state index contributed by atoms with van der Waals surface area (Å²) in [7, 11) is -2.00. The number of ether oxygens (including phenoxy) is 1. The molecule has 1 N–H and O–H groups in total. The van der Waals surface area contributed by atoms with Gasteiger partial charge in [0.2, 0.25) is 10.0 Å². The predicted molar refractivity (Wildman–Crippen MR) is 90.1 cm³/mol. The van der Waals surface area contributed by atoms with Crippen molar-refractivity contribution >= 4 is 33.0 Å². The maximum absolute atomic E-state index is 12.3. The van der Waals surface area contributed by atoms with Crippen LogP contribution in [0.2, 0.25) is 5.02 Å². The number of rotatable bonds is 6. The monoisotopic (exact) mass is 359 g/mol. The summed E-state index contributed by atoms with van der Waals surface area (Å²) in [4.78, 5) is 0.949. The van der Waals surface area contributed by atoms with Crippen molar-refractivity contribution in [2.45, 2.75) is 23.7 Å². The zero-order chi connectivity index (χ0) is 16.4. The van der Waals surface area contributed by atoms with Gasteiger partial charge in [-0.05, 0) is 43.7 Å². The number of benzene rings is 1. The van der Waals surface area contributed by atoms with Crippen molar-refractivity contribution in [3.63, 3.8) is 0 Å². The Bertz CT molecular complexity index is 758. The Morgan fingerprint density at radius 3 is 2.59 bits per heavy atom. The Kier molecular flexibility index (Phi) is 5.29. The van der Waals surface area contributed by atoms with Crippen LogP contribution in [0.3, 0.4) is 0 Å². The second kappa shape index (κ2) is 6.68. The fraction of sp³-hybridized carbons (Fsp3) is 0.333. The largest absolute Gasteiger partial charge is 0.372 e. The molecule has 2 rings (SSSR count). The van der Waals surface area contributed by atoms with Crippen molar-refractivity contribution in [2.24, 2.45) is 0 Å². The lowest BCUT2D eigenvalue weighted by molar-refractivity contribution is 0.00700. The number of halogens is 1. The Hall–Kier alpha value is -0.920. The minimum absolute atomic E-state index is 0.114. The van der Waals surface area contributed by atoms with E-state index in [2.05, 4.69) is 4.72 Å². The van der Waals surface area contributed by atoms with E-state index < -0.39 is 15.6 Å². The molecule has 0 bridgehead atoms. The molecule has 0 spiro atoms. The molecule has 0 radical (unpaired) electrons. The van der Waals surface area contributed by atoms with Crippen molar-refractivity contribution in [2.75, 3.05) is 13.7 Å². The zero-order valence-electron chi connectivity index (χ0n) is 12.6. The summed E-state index contributed by atoms with van der Waals surface area (Å²) in [6.45, 7) is 3.80. The van der Waals surface area contributed by atoms with Gasteiger partial charge in [-0.2, -0.15) is 0 Å². The average molecular weight is 360 g/mol. The summed E-state index contributed by atoms with van der Waals surface area (Å²) in [5.74, 6) is 0. The Morgan fingerprint density at radius 1 is 1.32 bits per heavy atom. The first kappa shape index (κ1) is 17.4. The Balaban J connectivity index is 2.20. The van der Waals surface area contributed by atoms with Gasteiger partial charge in [0.25, 0.3) is 0 Å². The van der Waals surface area contributed by atoms with E-state index in [0.717, 1.165) is 10.4 Å². The number of thiophene rings is 1. The average Bonchev–Trinajstić information content (AvgIpc) is 2.92. The van der Waals surface area contributed by atoms with E-state index in [1.54, 1.807) is 31.4 Å². The van der Waals surface area contributed by atoms with Gasteiger partial charge in [0.05, 0.1) is 0 Å². The molecule has 1 atom stereocenters. The van der Waals surface area contributed by atoms with Crippen molar-refractivity contribution in [1.82, 2.24) is 4.72 Å². The molecular formula is C15H18ClNO3S2. The molecule has 7 heteroatoms. The minimum atomic E-state index is -3.55. The first-order valence-corrected chi connectivity index (χ1v) is 9.32. The van der Waals surface area contributed by atoms with Gasteiger partial charge in [0, 0.05) is 23.6 Å². The van der Waals surface area contributed by atoms with Crippen molar-refractivity contribution < 1.29 is 13.2 Å². The fourth-order valence-electron chi connectivity index (χ4n) is 1.97. The van der Waals surface area contributed by atoms with Gasteiger partial charge in [-0.25, -0.2) is 13.1 Å². The molecule has 0 fully saturated rings. The molecule has 1 aromatic heterocycles. The van der Waals surface area contributed by atoms with Crippen LogP contribution in [0, 0.1) is 6.92 Å². The number of aryl methyl sites for hydroxylation is 1. The van der Waals surface area contributed by atoms with Crippen molar-refractivity contribution in [3.05, 3.63) is 51.9 Å².